The highest BCUT2D eigenvalue weighted by Crippen LogP contribution is 2.05. The number of aliphatic carboxylic acids is 2. The summed E-state index contributed by atoms with van der Waals surface area (Å²) < 4.78 is 0. The fourth-order valence-electron chi connectivity index (χ4n) is 1.79. The van der Waals surface area contributed by atoms with E-state index in [9.17, 15) is 9.59 Å². The molecule has 1 saturated heterocycles. The van der Waals surface area contributed by atoms with Crippen LogP contribution in [0.3, 0.4) is 0 Å². The fourth-order valence-corrected chi connectivity index (χ4v) is 1.79. The molecular formula is C10H18N2O4. The topological polar surface area (TPSA) is 81.1 Å². The number of carboxylic acid groups (broad SMARTS) is 2. The minimum atomic E-state index is -0.813. The van der Waals surface area contributed by atoms with Gasteiger partial charge in [0, 0.05) is 32.7 Å². The van der Waals surface area contributed by atoms with E-state index in [0.29, 0.717) is 19.6 Å². The molecule has 0 bridgehead atoms. The van der Waals surface area contributed by atoms with Crippen LogP contribution < -0.4 is 0 Å². The highest BCUT2D eigenvalue weighted by atomic mass is 16.4. The van der Waals surface area contributed by atoms with Crippen LogP contribution in [-0.2, 0) is 9.59 Å². The fraction of sp³-hybridized carbons (Fsp3) is 0.800. The second-order valence-corrected chi connectivity index (χ2v) is 4.21. The number of piperazine rings is 1. The predicted molar refractivity (Wildman–Crippen MR) is 57.3 cm³/mol. The quantitative estimate of drug-likeness (QED) is 0.657. The van der Waals surface area contributed by atoms with E-state index in [0.717, 1.165) is 13.1 Å². The number of nitrogens with zero attached hydrogens (tertiary/aromatic N) is 2. The molecule has 0 spiro atoms. The van der Waals surface area contributed by atoms with Gasteiger partial charge in [-0.1, -0.05) is 6.92 Å². The van der Waals surface area contributed by atoms with E-state index in [-0.39, 0.29) is 12.5 Å². The third-order valence-corrected chi connectivity index (χ3v) is 2.78. The van der Waals surface area contributed by atoms with Gasteiger partial charge in [-0.3, -0.25) is 19.4 Å². The molecule has 0 aliphatic carbocycles. The van der Waals surface area contributed by atoms with Gasteiger partial charge in [0.25, 0.3) is 0 Å². The summed E-state index contributed by atoms with van der Waals surface area (Å²) in [6.45, 7) is 5.16. The van der Waals surface area contributed by atoms with Crippen molar-refractivity contribution in [3.05, 3.63) is 0 Å². The van der Waals surface area contributed by atoms with Gasteiger partial charge in [0.2, 0.25) is 0 Å². The Morgan fingerprint density at radius 2 is 1.62 bits per heavy atom. The lowest BCUT2D eigenvalue weighted by molar-refractivity contribution is -0.141. The molecule has 1 unspecified atom stereocenters. The summed E-state index contributed by atoms with van der Waals surface area (Å²) in [4.78, 5) is 25.1. The second-order valence-electron chi connectivity index (χ2n) is 4.21. The molecule has 1 fully saturated rings. The molecule has 1 aliphatic rings. The summed E-state index contributed by atoms with van der Waals surface area (Å²) in [6, 6.07) is 0. The van der Waals surface area contributed by atoms with Gasteiger partial charge in [-0.15, -0.1) is 0 Å². The van der Waals surface area contributed by atoms with Gasteiger partial charge >= 0.3 is 11.9 Å². The number of carbonyl (C=O) groups is 2. The summed E-state index contributed by atoms with van der Waals surface area (Å²) in [5.74, 6) is -1.97. The monoisotopic (exact) mass is 230 g/mol. The van der Waals surface area contributed by atoms with Crippen LogP contribution in [0.2, 0.25) is 0 Å². The van der Waals surface area contributed by atoms with E-state index >= 15 is 0 Å². The van der Waals surface area contributed by atoms with Crippen LogP contribution in [0.25, 0.3) is 0 Å². The van der Waals surface area contributed by atoms with Crippen molar-refractivity contribution >= 4 is 11.9 Å². The van der Waals surface area contributed by atoms with Crippen molar-refractivity contribution < 1.29 is 19.8 Å². The average molecular weight is 230 g/mol. The summed E-state index contributed by atoms with van der Waals surface area (Å²) in [7, 11) is 0. The lowest BCUT2D eigenvalue weighted by Crippen LogP contribution is -2.49. The molecule has 0 aromatic heterocycles. The van der Waals surface area contributed by atoms with Crippen molar-refractivity contribution in [1.82, 2.24) is 9.80 Å². The minimum absolute atomic E-state index is 0.0718. The van der Waals surface area contributed by atoms with Gasteiger partial charge in [0.15, 0.2) is 0 Å². The molecule has 0 radical (unpaired) electrons. The zero-order chi connectivity index (χ0) is 12.1. The largest absolute Gasteiger partial charge is 0.481 e. The first kappa shape index (κ1) is 12.9. The Labute approximate surface area is 94.4 Å². The second kappa shape index (κ2) is 5.81. The minimum Gasteiger partial charge on any atom is -0.481 e. The van der Waals surface area contributed by atoms with Crippen molar-refractivity contribution in [3.8, 4) is 0 Å². The lowest BCUT2D eigenvalue weighted by atomic mass is 10.1. The van der Waals surface area contributed by atoms with Crippen LogP contribution in [0.4, 0.5) is 0 Å². The Morgan fingerprint density at radius 1 is 1.12 bits per heavy atom. The van der Waals surface area contributed by atoms with Crippen LogP contribution in [0, 0.1) is 5.92 Å². The van der Waals surface area contributed by atoms with Crippen molar-refractivity contribution in [2.45, 2.75) is 6.92 Å². The van der Waals surface area contributed by atoms with Gasteiger partial charge in [-0.2, -0.15) is 0 Å². The summed E-state index contributed by atoms with van der Waals surface area (Å²) >= 11 is 0. The van der Waals surface area contributed by atoms with Crippen LogP contribution in [0.15, 0.2) is 0 Å². The molecule has 1 heterocycles. The van der Waals surface area contributed by atoms with Gasteiger partial charge in [-0.25, -0.2) is 0 Å². The van der Waals surface area contributed by atoms with Crippen LogP contribution in [0.5, 0.6) is 0 Å². The van der Waals surface area contributed by atoms with Gasteiger partial charge in [-0.05, 0) is 0 Å². The van der Waals surface area contributed by atoms with Crippen molar-refractivity contribution in [3.63, 3.8) is 0 Å². The maximum Gasteiger partial charge on any atom is 0.317 e. The molecule has 1 atom stereocenters. The first-order chi connectivity index (χ1) is 7.49. The molecule has 0 saturated carbocycles. The molecule has 0 aromatic carbocycles. The maximum atomic E-state index is 10.7. The number of hydrogen-bond acceptors (Lipinski definition) is 4. The molecule has 6 heteroatoms. The first-order valence-corrected chi connectivity index (χ1v) is 5.38. The SMILES string of the molecule is CC(CN1CCN(CC(=O)O)CC1)C(=O)O. The zero-order valence-corrected chi connectivity index (χ0v) is 9.43. The molecule has 6 nitrogen and oxygen atoms in total. The molecule has 92 valence electrons. The molecule has 1 aliphatic heterocycles. The Kier molecular flexibility index (Phi) is 4.70. The van der Waals surface area contributed by atoms with Crippen LogP contribution in [0.1, 0.15) is 6.92 Å². The highest BCUT2D eigenvalue weighted by molar-refractivity contribution is 5.69. The van der Waals surface area contributed by atoms with Crippen molar-refractivity contribution in [2.24, 2.45) is 5.92 Å². The van der Waals surface area contributed by atoms with E-state index in [1.54, 1.807) is 6.92 Å². The van der Waals surface area contributed by atoms with E-state index < -0.39 is 11.9 Å². The molecule has 0 amide bonds. The Morgan fingerprint density at radius 3 is 2.06 bits per heavy atom. The van der Waals surface area contributed by atoms with Crippen LogP contribution in [-0.4, -0.2) is 71.2 Å². The van der Waals surface area contributed by atoms with E-state index in [2.05, 4.69) is 4.90 Å². The average Bonchev–Trinajstić information content (AvgIpc) is 2.20. The maximum absolute atomic E-state index is 10.7. The van der Waals surface area contributed by atoms with Gasteiger partial charge in [0.05, 0.1) is 12.5 Å². The summed E-state index contributed by atoms with van der Waals surface area (Å²) in [5.41, 5.74) is 0. The predicted octanol–water partition coefficient (Wildman–Crippen LogP) is -0.591. The summed E-state index contributed by atoms with van der Waals surface area (Å²) in [5, 5.41) is 17.4. The lowest BCUT2D eigenvalue weighted by Gasteiger charge is -2.34. The standard InChI is InChI=1S/C10H18N2O4/c1-8(10(15)16)6-11-2-4-12(5-3-11)7-9(13)14/h8H,2-7H2,1H3,(H,13,14)(H,15,16). The van der Waals surface area contributed by atoms with Gasteiger partial charge in [0.1, 0.15) is 0 Å². The first-order valence-electron chi connectivity index (χ1n) is 5.38. The molecule has 16 heavy (non-hydrogen) atoms. The number of hydrogen-bond donors (Lipinski definition) is 2. The Bertz CT molecular complexity index is 262. The highest BCUT2D eigenvalue weighted by Gasteiger charge is 2.21. The van der Waals surface area contributed by atoms with Crippen molar-refractivity contribution in [2.75, 3.05) is 39.3 Å². The molecule has 0 aromatic rings. The number of carboxylic acids is 2. The zero-order valence-electron chi connectivity index (χ0n) is 9.43. The van der Waals surface area contributed by atoms with Crippen LogP contribution >= 0.6 is 0 Å². The Hall–Kier alpha value is -1.14. The molecular weight excluding hydrogens is 212 g/mol. The molecule has 1 rings (SSSR count). The third-order valence-electron chi connectivity index (χ3n) is 2.78. The third kappa shape index (κ3) is 4.16. The number of rotatable bonds is 5. The Balaban J connectivity index is 2.26. The molecule has 2 N–H and O–H groups in total. The summed E-state index contributed by atoms with van der Waals surface area (Å²) in [6.07, 6.45) is 0. The van der Waals surface area contributed by atoms with E-state index in [1.807, 2.05) is 4.90 Å². The van der Waals surface area contributed by atoms with Gasteiger partial charge < -0.3 is 10.2 Å². The van der Waals surface area contributed by atoms with Crippen molar-refractivity contribution in [1.29, 1.82) is 0 Å². The van der Waals surface area contributed by atoms with E-state index in [1.165, 1.54) is 0 Å². The normalized spacial score (nSPS) is 20.6. The van der Waals surface area contributed by atoms with E-state index in [4.69, 9.17) is 10.2 Å². The smallest absolute Gasteiger partial charge is 0.317 e.